The number of aryl methyl sites for hydroxylation is 2. The molecule has 110 valence electrons. The van der Waals surface area contributed by atoms with Crippen molar-refractivity contribution in [2.24, 2.45) is 11.8 Å². The molecule has 0 radical (unpaired) electrons. The van der Waals surface area contributed by atoms with Crippen molar-refractivity contribution in [1.29, 1.82) is 0 Å². The minimum absolute atomic E-state index is 0.582. The molecule has 0 amide bonds. The van der Waals surface area contributed by atoms with Crippen molar-refractivity contribution < 1.29 is 0 Å². The van der Waals surface area contributed by atoms with E-state index in [1.807, 2.05) is 0 Å². The molecule has 0 aliphatic heterocycles. The fraction of sp³-hybridized carbons (Fsp3) is 0.684. The first-order chi connectivity index (χ1) is 9.78. The maximum Gasteiger partial charge on any atom is 0.0348 e. The van der Waals surface area contributed by atoms with Gasteiger partial charge in [-0.15, -0.1) is 0 Å². The third-order valence-corrected chi connectivity index (χ3v) is 5.44. The molecule has 0 saturated heterocycles. The zero-order valence-electron chi connectivity index (χ0n) is 13.1. The maximum absolute atomic E-state index is 3.77. The van der Waals surface area contributed by atoms with E-state index in [4.69, 9.17) is 0 Å². The van der Waals surface area contributed by atoms with Gasteiger partial charge in [0.05, 0.1) is 0 Å². The van der Waals surface area contributed by atoms with Gasteiger partial charge in [0.15, 0.2) is 0 Å². The fourth-order valence-corrected chi connectivity index (χ4v) is 4.18. The SMILES string of the molecule is CCNC(c1ccc2c(c1)CCC2)C1CCC(C)CC1. The number of benzene rings is 1. The lowest BCUT2D eigenvalue weighted by atomic mass is 9.77. The molecular weight excluding hydrogens is 242 g/mol. The van der Waals surface area contributed by atoms with Crippen LogP contribution in [0.5, 0.6) is 0 Å². The lowest BCUT2D eigenvalue weighted by molar-refractivity contribution is 0.233. The summed E-state index contributed by atoms with van der Waals surface area (Å²) in [5, 5.41) is 3.77. The average Bonchev–Trinajstić information content (AvgIpc) is 2.93. The van der Waals surface area contributed by atoms with Crippen LogP contribution in [-0.2, 0) is 12.8 Å². The zero-order chi connectivity index (χ0) is 13.9. The van der Waals surface area contributed by atoms with E-state index in [0.29, 0.717) is 6.04 Å². The van der Waals surface area contributed by atoms with Crippen LogP contribution in [0.4, 0.5) is 0 Å². The van der Waals surface area contributed by atoms with Gasteiger partial charge in [-0.2, -0.15) is 0 Å². The summed E-state index contributed by atoms with van der Waals surface area (Å²) in [6.45, 7) is 5.73. The van der Waals surface area contributed by atoms with E-state index in [9.17, 15) is 0 Å². The summed E-state index contributed by atoms with van der Waals surface area (Å²) < 4.78 is 0. The summed E-state index contributed by atoms with van der Waals surface area (Å²) in [6.07, 6.45) is 9.57. The van der Waals surface area contributed by atoms with E-state index in [-0.39, 0.29) is 0 Å². The highest BCUT2D eigenvalue weighted by Gasteiger charge is 2.27. The number of fused-ring (bicyclic) bond motifs is 1. The molecule has 0 bridgehead atoms. The van der Waals surface area contributed by atoms with Crippen molar-refractivity contribution >= 4 is 0 Å². The van der Waals surface area contributed by atoms with Gasteiger partial charge in [-0.25, -0.2) is 0 Å². The van der Waals surface area contributed by atoms with Crippen LogP contribution < -0.4 is 5.32 Å². The Morgan fingerprint density at radius 1 is 1.10 bits per heavy atom. The molecule has 0 heterocycles. The summed E-state index contributed by atoms with van der Waals surface area (Å²) >= 11 is 0. The minimum Gasteiger partial charge on any atom is -0.310 e. The van der Waals surface area contributed by atoms with Crippen LogP contribution in [0, 0.1) is 11.8 Å². The van der Waals surface area contributed by atoms with Crippen molar-refractivity contribution in [1.82, 2.24) is 5.32 Å². The molecule has 3 rings (SSSR count). The second-order valence-electron chi connectivity index (χ2n) is 6.94. The first-order valence-electron chi connectivity index (χ1n) is 8.63. The largest absolute Gasteiger partial charge is 0.310 e. The third-order valence-electron chi connectivity index (χ3n) is 5.44. The van der Waals surface area contributed by atoms with Crippen LogP contribution in [0.3, 0.4) is 0 Å². The lowest BCUT2D eigenvalue weighted by Gasteiger charge is -2.33. The van der Waals surface area contributed by atoms with E-state index in [1.165, 1.54) is 44.9 Å². The normalized spacial score (nSPS) is 27.3. The molecule has 1 fully saturated rings. The van der Waals surface area contributed by atoms with Gasteiger partial charge < -0.3 is 5.32 Å². The zero-order valence-corrected chi connectivity index (χ0v) is 13.1. The van der Waals surface area contributed by atoms with Gasteiger partial charge in [0.2, 0.25) is 0 Å². The molecule has 1 unspecified atom stereocenters. The molecule has 1 nitrogen and oxygen atoms in total. The van der Waals surface area contributed by atoms with Gasteiger partial charge in [-0.3, -0.25) is 0 Å². The van der Waals surface area contributed by atoms with Crippen molar-refractivity contribution in [3.8, 4) is 0 Å². The van der Waals surface area contributed by atoms with Crippen molar-refractivity contribution in [3.05, 3.63) is 34.9 Å². The summed E-state index contributed by atoms with van der Waals surface area (Å²) in [7, 11) is 0. The Labute approximate surface area is 124 Å². The number of hydrogen-bond donors (Lipinski definition) is 1. The predicted molar refractivity (Wildman–Crippen MR) is 86.0 cm³/mol. The number of rotatable bonds is 4. The molecule has 1 N–H and O–H groups in total. The van der Waals surface area contributed by atoms with E-state index in [0.717, 1.165) is 18.4 Å². The Bertz CT molecular complexity index is 443. The number of nitrogens with one attached hydrogen (secondary N) is 1. The van der Waals surface area contributed by atoms with E-state index < -0.39 is 0 Å². The molecule has 1 atom stereocenters. The monoisotopic (exact) mass is 271 g/mol. The van der Waals surface area contributed by atoms with Crippen molar-refractivity contribution in [2.75, 3.05) is 6.54 Å². The minimum atomic E-state index is 0.582. The van der Waals surface area contributed by atoms with Gasteiger partial charge in [-0.05, 0) is 67.2 Å². The van der Waals surface area contributed by atoms with Crippen LogP contribution in [0.2, 0.25) is 0 Å². The molecule has 1 heteroatoms. The van der Waals surface area contributed by atoms with Crippen molar-refractivity contribution in [2.45, 2.75) is 64.8 Å². The van der Waals surface area contributed by atoms with Crippen LogP contribution in [0.1, 0.15) is 68.7 Å². The van der Waals surface area contributed by atoms with Crippen molar-refractivity contribution in [3.63, 3.8) is 0 Å². The summed E-state index contributed by atoms with van der Waals surface area (Å²) in [5.41, 5.74) is 4.77. The van der Waals surface area contributed by atoms with E-state index >= 15 is 0 Å². The third kappa shape index (κ3) is 2.93. The maximum atomic E-state index is 3.77. The highest BCUT2D eigenvalue weighted by atomic mass is 14.9. The Hall–Kier alpha value is -0.820. The second kappa shape index (κ2) is 6.30. The smallest absolute Gasteiger partial charge is 0.0348 e. The van der Waals surface area contributed by atoms with E-state index in [2.05, 4.69) is 37.4 Å². The first kappa shape index (κ1) is 14.1. The quantitative estimate of drug-likeness (QED) is 0.840. The summed E-state index contributed by atoms with van der Waals surface area (Å²) in [4.78, 5) is 0. The summed E-state index contributed by atoms with van der Waals surface area (Å²) in [5.74, 6) is 1.78. The van der Waals surface area contributed by atoms with Gasteiger partial charge in [-0.1, -0.05) is 44.9 Å². The van der Waals surface area contributed by atoms with Crippen LogP contribution in [0.15, 0.2) is 18.2 Å². The van der Waals surface area contributed by atoms with Crippen LogP contribution >= 0.6 is 0 Å². The Balaban J connectivity index is 1.79. The molecule has 2 aliphatic carbocycles. The molecule has 1 saturated carbocycles. The lowest BCUT2D eigenvalue weighted by Crippen LogP contribution is -2.30. The average molecular weight is 271 g/mol. The molecule has 20 heavy (non-hydrogen) atoms. The molecule has 1 aromatic carbocycles. The molecule has 2 aliphatic rings. The molecule has 1 aromatic rings. The Kier molecular flexibility index (Phi) is 4.45. The van der Waals surface area contributed by atoms with Crippen LogP contribution in [-0.4, -0.2) is 6.54 Å². The first-order valence-corrected chi connectivity index (χ1v) is 8.63. The fourth-order valence-electron chi connectivity index (χ4n) is 4.18. The molecule has 0 spiro atoms. The Morgan fingerprint density at radius 3 is 2.60 bits per heavy atom. The highest BCUT2D eigenvalue weighted by Crippen LogP contribution is 2.37. The van der Waals surface area contributed by atoms with Gasteiger partial charge in [0.1, 0.15) is 0 Å². The number of hydrogen-bond acceptors (Lipinski definition) is 1. The topological polar surface area (TPSA) is 12.0 Å². The highest BCUT2D eigenvalue weighted by molar-refractivity contribution is 5.36. The summed E-state index contributed by atoms with van der Waals surface area (Å²) in [6, 6.07) is 7.88. The standard InChI is InChI=1S/C19H29N/c1-3-20-19(16-9-7-14(2)8-10-16)18-12-11-15-5-4-6-17(15)13-18/h11-14,16,19-20H,3-10H2,1-2H3. The Morgan fingerprint density at radius 2 is 1.85 bits per heavy atom. The molecule has 0 aromatic heterocycles. The predicted octanol–water partition coefficient (Wildman–Crippen LogP) is 4.65. The van der Waals surface area contributed by atoms with Gasteiger partial charge >= 0.3 is 0 Å². The van der Waals surface area contributed by atoms with Gasteiger partial charge in [0, 0.05) is 6.04 Å². The van der Waals surface area contributed by atoms with Gasteiger partial charge in [0.25, 0.3) is 0 Å². The van der Waals surface area contributed by atoms with Crippen LogP contribution in [0.25, 0.3) is 0 Å². The second-order valence-corrected chi connectivity index (χ2v) is 6.94. The molecular formula is C19H29N. The van der Waals surface area contributed by atoms with E-state index in [1.54, 1.807) is 16.7 Å².